The SMILES string of the molecule is CCCN1C2=CCCCC2(O)CCC1CC. The van der Waals surface area contributed by atoms with Crippen LogP contribution >= 0.6 is 0 Å². The first-order valence-corrected chi connectivity index (χ1v) is 6.91. The van der Waals surface area contributed by atoms with Gasteiger partial charge in [-0.2, -0.15) is 0 Å². The smallest absolute Gasteiger partial charge is 0.104 e. The summed E-state index contributed by atoms with van der Waals surface area (Å²) in [7, 11) is 0. The topological polar surface area (TPSA) is 23.5 Å². The van der Waals surface area contributed by atoms with E-state index in [1.807, 2.05) is 0 Å². The molecule has 1 aliphatic heterocycles. The average Bonchev–Trinajstić information content (AvgIpc) is 2.29. The molecule has 92 valence electrons. The summed E-state index contributed by atoms with van der Waals surface area (Å²) < 4.78 is 0. The van der Waals surface area contributed by atoms with Crippen LogP contribution < -0.4 is 0 Å². The third kappa shape index (κ3) is 2.00. The van der Waals surface area contributed by atoms with Crippen molar-refractivity contribution in [1.29, 1.82) is 0 Å². The minimum Gasteiger partial charge on any atom is -0.384 e. The lowest BCUT2D eigenvalue weighted by molar-refractivity contribution is -0.0208. The number of hydrogen-bond acceptors (Lipinski definition) is 2. The summed E-state index contributed by atoms with van der Waals surface area (Å²) in [6.07, 6.45) is 10.1. The quantitative estimate of drug-likeness (QED) is 0.795. The monoisotopic (exact) mass is 223 g/mol. The zero-order valence-electron chi connectivity index (χ0n) is 10.7. The van der Waals surface area contributed by atoms with Crippen LogP contribution in [-0.2, 0) is 0 Å². The predicted octanol–water partition coefficient (Wildman–Crippen LogP) is 3.07. The predicted molar refractivity (Wildman–Crippen MR) is 67.2 cm³/mol. The van der Waals surface area contributed by atoms with E-state index in [9.17, 15) is 5.11 Å². The summed E-state index contributed by atoms with van der Waals surface area (Å²) in [5.74, 6) is 0. The number of rotatable bonds is 3. The van der Waals surface area contributed by atoms with Gasteiger partial charge in [0.15, 0.2) is 0 Å². The Hall–Kier alpha value is -0.500. The van der Waals surface area contributed by atoms with Crippen LogP contribution in [0, 0.1) is 0 Å². The summed E-state index contributed by atoms with van der Waals surface area (Å²) >= 11 is 0. The number of likely N-dealkylation sites (tertiary alicyclic amines) is 1. The maximum atomic E-state index is 10.7. The number of hydrogen-bond donors (Lipinski definition) is 1. The van der Waals surface area contributed by atoms with Gasteiger partial charge in [0.1, 0.15) is 5.60 Å². The van der Waals surface area contributed by atoms with Gasteiger partial charge < -0.3 is 10.0 Å². The third-order valence-corrected chi connectivity index (χ3v) is 4.19. The van der Waals surface area contributed by atoms with Crippen molar-refractivity contribution in [3.63, 3.8) is 0 Å². The van der Waals surface area contributed by atoms with Crippen molar-refractivity contribution in [2.45, 2.75) is 70.4 Å². The Kier molecular flexibility index (Phi) is 3.58. The van der Waals surface area contributed by atoms with E-state index >= 15 is 0 Å². The Morgan fingerprint density at radius 3 is 2.94 bits per heavy atom. The van der Waals surface area contributed by atoms with Crippen LogP contribution in [0.1, 0.15) is 58.8 Å². The first-order chi connectivity index (χ1) is 7.71. The van der Waals surface area contributed by atoms with Gasteiger partial charge in [-0.15, -0.1) is 0 Å². The van der Waals surface area contributed by atoms with E-state index < -0.39 is 5.60 Å². The Bertz CT molecular complexity index is 274. The normalized spacial score (nSPS) is 34.6. The maximum absolute atomic E-state index is 10.7. The van der Waals surface area contributed by atoms with Crippen LogP contribution in [0.25, 0.3) is 0 Å². The zero-order valence-corrected chi connectivity index (χ0v) is 10.7. The number of nitrogens with zero attached hydrogens (tertiary/aromatic N) is 1. The molecule has 2 atom stereocenters. The molecule has 1 fully saturated rings. The third-order valence-electron chi connectivity index (χ3n) is 4.19. The van der Waals surface area contributed by atoms with E-state index in [1.165, 1.54) is 18.5 Å². The van der Waals surface area contributed by atoms with Gasteiger partial charge >= 0.3 is 0 Å². The molecule has 2 rings (SSSR count). The number of aliphatic hydroxyl groups is 1. The van der Waals surface area contributed by atoms with Crippen LogP contribution in [0.2, 0.25) is 0 Å². The minimum absolute atomic E-state index is 0.487. The second kappa shape index (κ2) is 4.79. The average molecular weight is 223 g/mol. The molecule has 1 saturated heterocycles. The second-order valence-electron chi connectivity index (χ2n) is 5.31. The standard InChI is InChI=1S/C14H25NO/c1-3-11-15-12(4-2)8-10-14(16)9-6-5-7-13(14)15/h7,12,16H,3-6,8-11H2,1-2H3. The molecule has 2 heteroatoms. The van der Waals surface area contributed by atoms with Gasteiger partial charge in [0.05, 0.1) is 0 Å². The highest BCUT2D eigenvalue weighted by atomic mass is 16.3. The number of fused-ring (bicyclic) bond motifs is 1. The van der Waals surface area contributed by atoms with Crippen molar-refractivity contribution in [2.75, 3.05) is 6.54 Å². The fourth-order valence-electron chi connectivity index (χ4n) is 3.32. The summed E-state index contributed by atoms with van der Waals surface area (Å²) in [6.45, 7) is 5.59. The van der Waals surface area contributed by atoms with Gasteiger partial charge in [0.25, 0.3) is 0 Å². The van der Waals surface area contributed by atoms with E-state index in [4.69, 9.17) is 0 Å². The minimum atomic E-state index is -0.487. The molecule has 0 aromatic carbocycles. The van der Waals surface area contributed by atoms with E-state index in [1.54, 1.807) is 0 Å². The van der Waals surface area contributed by atoms with Crippen LogP contribution in [0.3, 0.4) is 0 Å². The van der Waals surface area contributed by atoms with Crippen molar-refractivity contribution < 1.29 is 5.11 Å². The van der Waals surface area contributed by atoms with E-state index in [0.717, 1.165) is 38.6 Å². The molecular formula is C14H25NO. The van der Waals surface area contributed by atoms with Crippen LogP contribution in [-0.4, -0.2) is 28.2 Å². The van der Waals surface area contributed by atoms with Crippen molar-refractivity contribution in [1.82, 2.24) is 4.90 Å². The molecular weight excluding hydrogens is 198 g/mol. The Morgan fingerprint density at radius 1 is 1.44 bits per heavy atom. The van der Waals surface area contributed by atoms with Gasteiger partial charge in [-0.3, -0.25) is 0 Å². The fourth-order valence-corrected chi connectivity index (χ4v) is 3.32. The highest BCUT2D eigenvalue weighted by Crippen LogP contribution is 2.41. The highest BCUT2D eigenvalue weighted by molar-refractivity contribution is 5.22. The van der Waals surface area contributed by atoms with E-state index in [-0.39, 0.29) is 0 Å². The molecule has 0 bridgehead atoms. The van der Waals surface area contributed by atoms with Crippen LogP contribution in [0.15, 0.2) is 11.8 Å². The van der Waals surface area contributed by atoms with Crippen LogP contribution in [0.4, 0.5) is 0 Å². The van der Waals surface area contributed by atoms with Gasteiger partial charge in [-0.05, 0) is 44.9 Å². The molecule has 0 aromatic rings. The highest BCUT2D eigenvalue weighted by Gasteiger charge is 2.42. The van der Waals surface area contributed by atoms with Gasteiger partial charge in [-0.25, -0.2) is 0 Å². The summed E-state index contributed by atoms with van der Waals surface area (Å²) in [6, 6.07) is 0.657. The summed E-state index contributed by atoms with van der Waals surface area (Å²) in [4.78, 5) is 2.49. The van der Waals surface area contributed by atoms with Crippen LogP contribution in [0.5, 0.6) is 0 Å². The molecule has 0 amide bonds. The van der Waals surface area contributed by atoms with Gasteiger partial charge in [-0.1, -0.05) is 19.9 Å². The first kappa shape index (κ1) is 12.0. The lowest BCUT2D eigenvalue weighted by Crippen LogP contribution is -2.51. The molecule has 0 radical (unpaired) electrons. The molecule has 0 spiro atoms. The lowest BCUT2D eigenvalue weighted by atomic mass is 9.77. The van der Waals surface area contributed by atoms with Gasteiger partial charge in [0, 0.05) is 18.3 Å². The second-order valence-corrected chi connectivity index (χ2v) is 5.31. The number of piperidine rings is 1. The first-order valence-electron chi connectivity index (χ1n) is 6.91. The Labute approximate surface area is 99.3 Å². The van der Waals surface area contributed by atoms with Gasteiger partial charge in [0.2, 0.25) is 0 Å². The summed E-state index contributed by atoms with van der Waals surface area (Å²) in [5, 5.41) is 10.7. The molecule has 0 aromatic heterocycles. The molecule has 1 aliphatic carbocycles. The lowest BCUT2D eigenvalue weighted by Gasteiger charge is -2.49. The molecule has 16 heavy (non-hydrogen) atoms. The molecule has 0 saturated carbocycles. The zero-order chi connectivity index (χ0) is 11.6. The fraction of sp³-hybridized carbons (Fsp3) is 0.857. The number of allylic oxidation sites excluding steroid dienone is 1. The summed E-state index contributed by atoms with van der Waals surface area (Å²) in [5.41, 5.74) is 0.762. The maximum Gasteiger partial charge on any atom is 0.104 e. The van der Waals surface area contributed by atoms with E-state index in [2.05, 4.69) is 24.8 Å². The molecule has 2 aliphatic rings. The molecule has 2 nitrogen and oxygen atoms in total. The largest absolute Gasteiger partial charge is 0.384 e. The van der Waals surface area contributed by atoms with Crippen molar-refractivity contribution >= 4 is 0 Å². The van der Waals surface area contributed by atoms with Crippen molar-refractivity contribution in [3.8, 4) is 0 Å². The van der Waals surface area contributed by atoms with Crippen molar-refractivity contribution in [3.05, 3.63) is 11.8 Å². The Morgan fingerprint density at radius 2 is 2.25 bits per heavy atom. The van der Waals surface area contributed by atoms with E-state index in [0.29, 0.717) is 6.04 Å². The molecule has 1 N–H and O–H groups in total. The molecule has 2 unspecified atom stereocenters. The van der Waals surface area contributed by atoms with Crippen molar-refractivity contribution in [2.24, 2.45) is 0 Å². The molecule has 1 heterocycles. The Balaban J connectivity index is 2.23.